The van der Waals surface area contributed by atoms with Gasteiger partial charge in [-0.25, -0.2) is 17.8 Å². The number of nitrogens with zero attached hydrogens (tertiary/aromatic N) is 4. The van der Waals surface area contributed by atoms with Gasteiger partial charge in [0.25, 0.3) is 14.2 Å². The molecule has 2 aromatic heterocycles. The van der Waals surface area contributed by atoms with Crippen molar-refractivity contribution < 1.29 is 12.8 Å². The maximum absolute atomic E-state index is 12.8. The van der Waals surface area contributed by atoms with Crippen LogP contribution in [0.5, 0.6) is 0 Å². The normalized spacial score (nSPS) is 12.1. The first-order valence-electron chi connectivity index (χ1n) is 5.32. The molecule has 102 valence electrons. The molecule has 0 saturated heterocycles. The van der Waals surface area contributed by atoms with E-state index in [0.29, 0.717) is 5.69 Å². The van der Waals surface area contributed by atoms with E-state index in [2.05, 4.69) is 15.2 Å². The van der Waals surface area contributed by atoms with Crippen molar-refractivity contribution >= 4 is 19.7 Å². The molecule has 2 aromatic rings. The molecule has 0 aliphatic heterocycles. The summed E-state index contributed by atoms with van der Waals surface area (Å²) in [5, 5.41) is 6.98. The lowest BCUT2D eigenvalue weighted by molar-refractivity contribution is 0.530. The van der Waals surface area contributed by atoms with Gasteiger partial charge >= 0.3 is 0 Å². The lowest BCUT2D eigenvalue weighted by Crippen LogP contribution is -2.10. The Kier molecular flexibility index (Phi) is 3.55. The molecule has 9 heteroatoms. The van der Waals surface area contributed by atoms with Crippen molar-refractivity contribution in [2.75, 3.05) is 0 Å². The summed E-state index contributed by atoms with van der Waals surface area (Å²) < 4.78 is 37.0. The highest BCUT2D eigenvalue weighted by atomic mass is 35.7. The van der Waals surface area contributed by atoms with Crippen LogP contribution in [0.1, 0.15) is 19.9 Å². The molecule has 0 bridgehead atoms. The molecule has 0 spiro atoms. The summed E-state index contributed by atoms with van der Waals surface area (Å²) in [4.78, 5) is 3.85. The highest BCUT2D eigenvalue weighted by molar-refractivity contribution is 8.13. The first-order valence-corrected chi connectivity index (χ1v) is 7.63. The Labute approximate surface area is 113 Å². The van der Waals surface area contributed by atoms with Crippen LogP contribution in [0, 0.1) is 5.82 Å². The minimum Gasteiger partial charge on any atom is -0.293 e. The van der Waals surface area contributed by atoms with Crippen molar-refractivity contribution in [2.45, 2.75) is 25.0 Å². The zero-order chi connectivity index (χ0) is 14.2. The molecule has 6 nitrogen and oxygen atoms in total. The first kappa shape index (κ1) is 13.9. The molecule has 19 heavy (non-hydrogen) atoms. The minimum atomic E-state index is -4.01. The van der Waals surface area contributed by atoms with E-state index in [1.165, 1.54) is 16.7 Å². The molecule has 0 aliphatic carbocycles. The Balaban J connectivity index is 2.65. The summed E-state index contributed by atoms with van der Waals surface area (Å²) in [7, 11) is 1.29. The second-order valence-corrected chi connectivity index (χ2v) is 6.53. The molecule has 0 amide bonds. The molecule has 2 rings (SSSR count). The van der Waals surface area contributed by atoms with Crippen LogP contribution in [0.25, 0.3) is 11.5 Å². The third-order valence-electron chi connectivity index (χ3n) is 2.36. The Hall–Kier alpha value is -1.54. The Bertz CT molecular complexity index is 697. The number of hydrogen-bond acceptors (Lipinski definition) is 5. The van der Waals surface area contributed by atoms with Gasteiger partial charge in [-0.2, -0.15) is 0 Å². The second kappa shape index (κ2) is 4.86. The molecule has 0 unspecified atom stereocenters. The standard InChI is InChI=1S/C10H10ClFN4O2S/c1-6(2)16-9(8-4-3-7(12)5-13-8)14-15-10(16)19(11,17)18/h3-6H,1-2H3. The Morgan fingerprint density at radius 1 is 1.32 bits per heavy atom. The third kappa shape index (κ3) is 2.74. The summed E-state index contributed by atoms with van der Waals surface area (Å²) in [5.74, 6) is -0.279. The van der Waals surface area contributed by atoms with E-state index in [1.807, 2.05) is 0 Å². The molecule has 0 radical (unpaired) electrons. The number of halogens is 2. The van der Waals surface area contributed by atoms with Gasteiger partial charge in [0.05, 0.1) is 6.20 Å². The highest BCUT2D eigenvalue weighted by Gasteiger charge is 2.25. The van der Waals surface area contributed by atoms with Crippen molar-refractivity contribution in [1.29, 1.82) is 0 Å². The molecule has 2 heterocycles. The molecule has 0 fully saturated rings. The molecule has 0 aliphatic rings. The quantitative estimate of drug-likeness (QED) is 0.810. The van der Waals surface area contributed by atoms with Crippen LogP contribution < -0.4 is 0 Å². The topological polar surface area (TPSA) is 77.7 Å². The summed E-state index contributed by atoms with van der Waals surface area (Å²) >= 11 is 0. The van der Waals surface area contributed by atoms with Crippen molar-refractivity contribution in [3.05, 3.63) is 24.1 Å². The lowest BCUT2D eigenvalue weighted by Gasteiger charge is -2.11. The number of aromatic nitrogens is 4. The van der Waals surface area contributed by atoms with Gasteiger partial charge in [-0.15, -0.1) is 10.2 Å². The van der Waals surface area contributed by atoms with Gasteiger partial charge in [0.2, 0.25) is 0 Å². The Morgan fingerprint density at radius 3 is 2.47 bits per heavy atom. The average molecular weight is 305 g/mol. The molecule has 0 N–H and O–H groups in total. The second-order valence-electron chi connectivity index (χ2n) is 4.07. The fourth-order valence-electron chi connectivity index (χ4n) is 1.59. The van der Waals surface area contributed by atoms with Crippen LogP contribution in [0.2, 0.25) is 0 Å². The van der Waals surface area contributed by atoms with Crippen LogP contribution in [0.3, 0.4) is 0 Å². The van der Waals surface area contributed by atoms with E-state index in [-0.39, 0.29) is 17.0 Å². The summed E-state index contributed by atoms with van der Waals surface area (Å²) in [5.41, 5.74) is 0.314. The van der Waals surface area contributed by atoms with E-state index in [9.17, 15) is 12.8 Å². The number of pyridine rings is 1. The highest BCUT2D eigenvalue weighted by Crippen LogP contribution is 2.24. The van der Waals surface area contributed by atoms with E-state index < -0.39 is 14.9 Å². The summed E-state index contributed by atoms with van der Waals surface area (Å²) in [6.45, 7) is 3.50. The Morgan fingerprint density at radius 2 is 2.00 bits per heavy atom. The lowest BCUT2D eigenvalue weighted by atomic mass is 10.3. The maximum Gasteiger partial charge on any atom is 0.296 e. The van der Waals surface area contributed by atoms with Crippen molar-refractivity contribution in [3.63, 3.8) is 0 Å². The summed E-state index contributed by atoms with van der Waals surface area (Å²) in [6.07, 6.45) is 1.02. The monoisotopic (exact) mass is 304 g/mol. The van der Waals surface area contributed by atoms with E-state index in [0.717, 1.165) is 6.20 Å². The van der Waals surface area contributed by atoms with Gasteiger partial charge in [0.1, 0.15) is 11.5 Å². The zero-order valence-corrected chi connectivity index (χ0v) is 11.7. The van der Waals surface area contributed by atoms with E-state index >= 15 is 0 Å². The van der Waals surface area contributed by atoms with E-state index in [4.69, 9.17) is 10.7 Å². The molecular formula is C10H10ClFN4O2S. The van der Waals surface area contributed by atoms with Crippen molar-refractivity contribution in [2.24, 2.45) is 0 Å². The van der Waals surface area contributed by atoms with E-state index in [1.54, 1.807) is 13.8 Å². The zero-order valence-electron chi connectivity index (χ0n) is 10.1. The predicted octanol–water partition coefficient (Wildman–Crippen LogP) is 1.99. The fourth-order valence-corrected chi connectivity index (χ4v) is 2.58. The smallest absolute Gasteiger partial charge is 0.293 e. The SMILES string of the molecule is CC(C)n1c(-c2ccc(F)cn2)nnc1S(=O)(=O)Cl. The van der Waals surface area contributed by atoms with Crippen LogP contribution in [-0.2, 0) is 9.05 Å². The van der Waals surface area contributed by atoms with Crippen LogP contribution in [0.4, 0.5) is 4.39 Å². The van der Waals surface area contributed by atoms with Gasteiger partial charge in [0, 0.05) is 16.7 Å². The van der Waals surface area contributed by atoms with Gasteiger partial charge in [-0.05, 0) is 26.0 Å². The summed E-state index contributed by atoms with van der Waals surface area (Å²) in [6, 6.07) is 2.35. The number of rotatable bonds is 3. The average Bonchev–Trinajstić information content (AvgIpc) is 2.74. The number of hydrogen-bond donors (Lipinski definition) is 0. The van der Waals surface area contributed by atoms with Crippen LogP contribution in [0.15, 0.2) is 23.5 Å². The van der Waals surface area contributed by atoms with Crippen molar-refractivity contribution in [3.8, 4) is 11.5 Å². The molecule has 0 aromatic carbocycles. The molecule has 0 atom stereocenters. The fraction of sp³-hybridized carbons (Fsp3) is 0.300. The largest absolute Gasteiger partial charge is 0.296 e. The van der Waals surface area contributed by atoms with Gasteiger partial charge < -0.3 is 0 Å². The molecular weight excluding hydrogens is 295 g/mol. The predicted molar refractivity (Wildman–Crippen MR) is 66.6 cm³/mol. The van der Waals surface area contributed by atoms with Crippen molar-refractivity contribution in [1.82, 2.24) is 19.7 Å². The van der Waals surface area contributed by atoms with Gasteiger partial charge in [-0.3, -0.25) is 4.57 Å². The van der Waals surface area contributed by atoms with Gasteiger partial charge in [-0.1, -0.05) is 0 Å². The van der Waals surface area contributed by atoms with Gasteiger partial charge in [0.15, 0.2) is 5.82 Å². The maximum atomic E-state index is 12.8. The first-order chi connectivity index (χ1) is 8.80. The van der Waals surface area contributed by atoms with Crippen LogP contribution >= 0.6 is 10.7 Å². The van der Waals surface area contributed by atoms with Crippen LogP contribution in [-0.4, -0.2) is 28.2 Å². The minimum absolute atomic E-state index is 0.217. The third-order valence-corrected chi connectivity index (χ3v) is 3.48. The molecule has 0 saturated carbocycles.